The van der Waals surface area contributed by atoms with Crippen molar-refractivity contribution in [1.82, 2.24) is 15.2 Å². The van der Waals surface area contributed by atoms with Gasteiger partial charge < -0.3 is 11.1 Å². The number of nitrogens with one attached hydrogen (secondary N) is 1. The van der Waals surface area contributed by atoms with E-state index in [0.29, 0.717) is 12.0 Å². The second-order valence-electron chi connectivity index (χ2n) is 6.83. The maximum Gasteiger partial charge on any atom is 0.188 e. The lowest BCUT2D eigenvalue weighted by molar-refractivity contribution is 0.145. The summed E-state index contributed by atoms with van der Waals surface area (Å²) in [7, 11) is 0. The molecule has 1 aliphatic heterocycles. The third-order valence-corrected chi connectivity index (χ3v) is 4.86. The molecule has 2 heterocycles. The van der Waals surface area contributed by atoms with E-state index in [0.717, 1.165) is 38.3 Å². The fraction of sp³-hybridized carbons (Fsp3) is 0.429. The van der Waals surface area contributed by atoms with E-state index in [2.05, 4.69) is 50.5 Å². The summed E-state index contributed by atoms with van der Waals surface area (Å²) in [5, 5.41) is 3.20. The van der Waals surface area contributed by atoms with Crippen LogP contribution in [0.4, 0.5) is 0 Å². The molecular weight excluding hydrogens is 322 g/mol. The lowest BCUT2D eigenvalue weighted by Crippen LogP contribution is -2.42. The van der Waals surface area contributed by atoms with Crippen molar-refractivity contribution in [2.24, 2.45) is 10.7 Å². The number of guanidine groups is 1. The largest absolute Gasteiger partial charge is 0.370 e. The molecule has 1 unspecified atom stereocenters. The highest BCUT2D eigenvalue weighted by Gasteiger charge is 2.22. The Balaban J connectivity index is 1.46. The summed E-state index contributed by atoms with van der Waals surface area (Å²) in [6, 6.07) is 17.1. The molecule has 5 heteroatoms. The van der Waals surface area contributed by atoms with Crippen LogP contribution in [0.25, 0.3) is 0 Å². The van der Waals surface area contributed by atoms with E-state index in [4.69, 9.17) is 5.73 Å². The van der Waals surface area contributed by atoms with Gasteiger partial charge in [-0.1, -0.05) is 42.8 Å². The Morgan fingerprint density at radius 3 is 2.81 bits per heavy atom. The van der Waals surface area contributed by atoms with Crippen LogP contribution >= 0.6 is 0 Å². The molecule has 1 fully saturated rings. The molecule has 0 amide bonds. The van der Waals surface area contributed by atoms with Gasteiger partial charge in [-0.3, -0.25) is 14.9 Å². The Bertz CT molecular complexity index is 671. The van der Waals surface area contributed by atoms with Crippen molar-refractivity contribution in [3.8, 4) is 0 Å². The fourth-order valence-electron chi connectivity index (χ4n) is 3.42. The van der Waals surface area contributed by atoms with Gasteiger partial charge in [0, 0.05) is 37.4 Å². The van der Waals surface area contributed by atoms with Crippen molar-refractivity contribution >= 4 is 5.96 Å². The molecule has 0 bridgehead atoms. The number of aliphatic imine (C=N–C) groups is 1. The lowest BCUT2D eigenvalue weighted by atomic mass is 10.0. The summed E-state index contributed by atoms with van der Waals surface area (Å²) < 4.78 is 0. The van der Waals surface area contributed by atoms with Gasteiger partial charge in [0.1, 0.15) is 0 Å². The molecule has 0 aliphatic carbocycles. The Morgan fingerprint density at radius 2 is 2.00 bits per heavy atom. The molecule has 1 aliphatic rings. The first kappa shape index (κ1) is 18.4. The maximum absolute atomic E-state index is 6.05. The number of aromatic nitrogens is 1. The predicted octanol–water partition coefficient (Wildman–Crippen LogP) is 2.58. The molecule has 3 rings (SSSR count). The van der Waals surface area contributed by atoms with E-state index in [9.17, 15) is 0 Å². The number of nitrogens with zero attached hydrogens (tertiary/aromatic N) is 3. The van der Waals surface area contributed by atoms with Gasteiger partial charge in [-0.15, -0.1) is 0 Å². The molecule has 26 heavy (non-hydrogen) atoms. The fourth-order valence-corrected chi connectivity index (χ4v) is 3.42. The Kier molecular flexibility index (Phi) is 7.02. The maximum atomic E-state index is 6.05. The zero-order valence-electron chi connectivity index (χ0n) is 15.3. The van der Waals surface area contributed by atoms with Crippen LogP contribution in [0, 0.1) is 0 Å². The third-order valence-electron chi connectivity index (χ3n) is 4.86. The smallest absolute Gasteiger partial charge is 0.188 e. The minimum atomic E-state index is 0.472. The summed E-state index contributed by atoms with van der Waals surface area (Å²) in [5.74, 6) is 0.533. The summed E-state index contributed by atoms with van der Waals surface area (Å²) in [4.78, 5) is 11.5. The van der Waals surface area contributed by atoms with E-state index >= 15 is 0 Å². The van der Waals surface area contributed by atoms with Crippen molar-refractivity contribution in [2.45, 2.75) is 38.3 Å². The average Bonchev–Trinajstić information content (AvgIpc) is 2.69. The molecule has 1 saturated heterocycles. The first-order valence-corrected chi connectivity index (χ1v) is 9.53. The Hall–Kier alpha value is -2.40. The zero-order valence-corrected chi connectivity index (χ0v) is 15.3. The van der Waals surface area contributed by atoms with Crippen molar-refractivity contribution in [1.29, 1.82) is 0 Å². The standard InChI is InChI=1S/C21H29N5/c22-21(24-14-12-19-10-4-6-13-23-19)25-16-20-11-5-7-15-26(20)17-18-8-2-1-3-9-18/h1-4,6,8-10,13,20H,5,7,11-12,14-17H2,(H3,22,24,25). The Labute approximate surface area is 156 Å². The monoisotopic (exact) mass is 351 g/mol. The minimum absolute atomic E-state index is 0.472. The van der Waals surface area contributed by atoms with Crippen molar-refractivity contribution in [3.63, 3.8) is 0 Å². The minimum Gasteiger partial charge on any atom is -0.370 e. The number of hydrogen-bond donors (Lipinski definition) is 2. The highest BCUT2D eigenvalue weighted by Crippen LogP contribution is 2.19. The van der Waals surface area contributed by atoms with Gasteiger partial charge in [0.2, 0.25) is 0 Å². The highest BCUT2D eigenvalue weighted by atomic mass is 15.2. The zero-order chi connectivity index (χ0) is 18.0. The first-order valence-electron chi connectivity index (χ1n) is 9.53. The first-order chi connectivity index (χ1) is 12.8. The van der Waals surface area contributed by atoms with Crippen LogP contribution in [0.2, 0.25) is 0 Å². The van der Waals surface area contributed by atoms with Gasteiger partial charge in [-0.25, -0.2) is 0 Å². The number of nitrogens with two attached hydrogens (primary N) is 1. The third kappa shape index (κ3) is 5.85. The predicted molar refractivity (Wildman–Crippen MR) is 107 cm³/mol. The van der Waals surface area contributed by atoms with Crippen molar-refractivity contribution in [2.75, 3.05) is 19.6 Å². The number of rotatable bonds is 7. The summed E-state index contributed by atoms with van der Waals surface area (Å²) in [6.45, 7) is 3.65. The molecule has 138 valence electrons. The van der Waals surface area contributed by atoms with Crippen LogP contribution in [-0.2, 0) is 13.0 Å². The quantitative estimate of drug-likeness (QED) is 0.594. The molecule has 2 aromatic rings. The summed E-state index contributed by atoms with van der Waals surface area (Å²) >= 11 is 0. The number of hydrogen-bond acceptors (Lipinski definition) is 3. The molecular formula is C21H29N5. The van der Waals surface area contributed by atoms with Gasteiger partial charge in [-0.2, -0.15) is 0 Å². The summed E-state index contributed by atoms with van der Waals surface area (Å²) in [5.41, 5.74) is 8.48. The van der Waals surface area contributed by atoms with E-state index < -0.39 is 0 Å². The number of benzene rings is 1. The van der Waals surface area contributed by atoms with Crippen LogP contribution in [0.3, 0.4) is 0 Å². The van der Waals surface area contributed by atoms with Crippen LogP contribution in [0.5, 0.6) is 0 Å². The second-order valence-corrected chi connectivity index (χ2v) is 6.83. The molecule has 1 aromatic heterocycles. The van der Waals surface area contributed by atoms with Gasteiger partial charge in [0.25, 0.3) is 0 Å². The van der Waals surface area contributed by atoms with Gasteiger partial charge in [0.15, 0.2) is 5.96 Å². The average molecular weight is 351 g/mol. The van der Waals surface area contributed by atoms with Crippen molar-refractivity contribution in [3.05, 3.63) is 66.0 Å². The van der Waals surface area contributed by atoms with E-state index in [-0.39, 0.29) is 0 Å². The molecule has 0 radical (unpaired) electrons. The number of likely N-dealkylation sites (tertiary alicyclic amines) is 1. The Morgan fingerprint density at radius 1 is 1.15 bits per heavy atom. The van der Waals surface area contributed by atoms with Crippen LogP contribution in [0.1, 0.15) is 30.5 Å². The highest BCUT2D eigenvalue weighted by molar-refractivity contribution is 5.77. The van der Waals surface area contributed by atoms with Crippen LogP contribution in [-0.4, -0.2) is 41.5 Å². The molecule has 1 atom stereocenters. The SMILES string of the molecule is NC(=NCC1CCCCN1Cc1ccccc1)NCCc1ccccn1. The van der Waals surface area contributed by atoms with Crippen molar-refractivity contribution < 1.29 is 0 Å². The molecule has 3 N–H and O–H groups in total. The van der Waals surface area contributed by atoms with E-state index in [1.54, 1.807) is 0 Å². The van der Waals surface area contributed by atoms with Crippen LogP contribution < -0.4 is 11.1 Å². The number of pyridine rings is 1. The molecule has 0 spiro atoms. The van der Waals surface area contributed by atoms with Crippen LogP contribution in [0.15, 0.2) is 59.7 Å². The lowest BCUT2D eigenvalue weighted by Gasteiger charge is -2.35. The van der Waals surface area contributed by atoms with Gasteiger partial charge >= 0.3 is 0 Å². The van der Waals surface area contributed by atoms with Gasteiger partial charge in [-0.05, 0) is 37.1 Å². The molecule has 5 nitrogen and oxygen atoms in total. The number of piperidine rings is 1. The van der Waals surface area contributed by atoms with Gasteiger partial charge in [0.05, 0.1) is 6.54 Å². The topological polar surface area (TPSA) is 66.5 Å². The summed E-state index contributed by atoms with van der Waals surface area (Å²) in [6.07, 6.45) is 6.40. The second kappa shape index (κ2) is 9.92. The molecule has 0 saturated carbocycles. The van der Waals surface area contributed by atoms with E-state index in [1.807, 2.05) is 24.4 Å². The normalized spacial score (nSPS) is 18.6. The molecule has 1 aromatic carbocycles. The van der Waals surface area contributed by atoms with E-state index in [1.165, 1.54) is 24.8 Å².